The number of carbonyl (C=O) groups excluding carboxylic acids is 1. The molecule has 0 saturated heterocycles. The minimum Gasteiger partial charge on any atom is -0.299 e. The molecule has 1 rings (SSSR count). The maximum atomic E-state index is 12.5. The van der Waals surface area contributed by atoms with Crippen LogP contribution in [0.3, 0.4) is 0 Å². The summed E-state index contributed by atoms with van der Waals surface area (Å²) < 4.78 is 0. The Morgan fingerprint density at radius 1 is 1.00 bits per heavy atom. The molecule has 0 bridgehead atoms. The highest BCUT2D eigenvalue weighted by Gasteiger charge is 2.25. The van der Waals surface area contributed by atoms with E-state index in [-0.39, 0.29) is 11.5 Å². The van der Waals surface area contributed by atoms with E-state index < -0.39 is 10.8 Å². The molecule has 1 atom stereocenters. The summed E-state index contributed by atoms with van der Waals surface area (Å²) in [7, 11) is 0. The minimum absolute atomic E-state index is 0.0280. The highest BCUT2D eigenvalue weighted by atomic mass is 16.6. The van der Waals surface area contributed by atoms with Gasteiger partial charge in [-0.3, -0.25) is 14.9 Å². The zero-order chi connectivity index (χ0) is 21.8. The van der Waals surface area contributed by atoms with Gasteiger partial charge in [-0.05, 0) is 59.8 Å². The molecule has 1 aromatic rings. The molecule has 0 aliphatic heterocycles. The van der Waals surface area contributed by atoms with E-state index in [9.17, 15) is 14.9 Å². The van der Waals surface area contributed by atoms with Crippen LogP contribution in [0, 0.1) is 10.1 Å². The lowest BCUT2D eigenvalue weighted by molar-refractivity contribution is -0.385. The third kappa shape index (κ3) is 9.03. The maximum absolute atomic E-state index is 12.5. The molecule has 0 spiro atoms. The first-order valence-electron chi connectivity index (χ1n) is 10.5. The van der Waals surface area contributed by atoms with E-state index in [1.807, 2.05) is 6.92 Å². The molecule has 0 aliphatic rings. The van der Waals surface area contributed by atoms with Gasteiger partial charge in [-0.15, -0.1) is 0 Å². The van der Waals surface area contributed by atoms with Crippen LogP contribution in [-0.2, 0) is 4.79 Å². The summed E-state index contributed by atoms with van der Waals surface area (Å²) in [5.74, 6) is -0.420. The number of allylic oxidation sites excluding steroid dienone is 6. The minimum atomic E-state index is -0.460. The second-order valence-corrected chi connectivity index (χ2v) is 7.88. The molecule has 0 fully saturated rings. The van der Waals surface area contributed by atoms with E-state index in [0.717, 1.165) is 25.7 Å². The van der Waals surface area contributed by atoms with Gasteiger partial charge in [-0.1, -0.05) is 60.1 Å². The molecule has 0 heterocycles. The zero-order valence-corrected chi connectivity index (χ0v) is 18.5. The molecule has 0 aliphatic carbocycles. The van der Waals surface area contributed by atoms with Crippen molar-refractivity contribution in [1.29, 1.82) is 0 Å². The van der Waals surface area contributed by atoms with E-state index in [2.05, 4.69) is 45.9 Å². The fraction of sp³-hybridized carbons (Fsp3) is 0.480. The molecule has 0 amide bonds. The normalized spacial score (nSPS) is 13.1. The first kappa shape index (κ1) is 24.5. The smallest absolute Gasteiger partial charge is 0.273 e. The van der Waals surface area contributed by atoms with Gasteiger partial charge in [0, 0.05) is 18.1 Å². The molecule has 158 valence electrons. The summed E-state index contributed by atoms with van der Waals surface area (Å²) in [6, 6.07) is 6.59. The number of benzene rings is 1. The van der Waals surface area contributed by atoms with Gasteiger partial charge in [-0.25, -0.2) is 0 Å². The Labute approximate surface area is 175 Å². The number of nitro benzene ring substituents is 1. The van der Waals surface area contributed by atoms with Crippen LogP contribution in [-0.4, -0.2) is 10.7 Å². The number of carbonyl (C=O) groups is 1. The summed E-state index contributed by atoms with van der Waals surface area (Å²) in [5.41, 5.74) is 4.51. The third-order valence-electron chi connectivity index (χ3n) is 5.07. The molecule has 4 heteroatoms. The summed E-state index contributed by atoms with van der Waals surface area (Å²) in [4.78, 5) is 23.4. The summed E-state index contributed by atoms with van der Waals surface area (Å²) in [5, 5.41) is 11.4. The van der Waals surface area contributed by atoms with Crippen molar-refractivity contribution in [3.63, 3.8) is 0 Å². The summed E-state index contributed by atoms with van der Waals surface area (Å²) in [6.07, 6.45) is 11.6. The Hall–Kier alpha value is -2.49. The number of hydrogen-bond acceptors (Lipinski definition) is 3. The summed E-state index contributed by atoms with van der Waals surface area (Å²) in [6.45, 7) is 10.3. The van der Waals surface area contributed by atoms with Gasteiger partial charge in [0.15, 0.2) is 0 Å². The van der Waals surface area contributed by atoms with E-state index in [1.54, 1.807) is 18.2 Å². The van der Waals surface area contributed by atoms with Crippen molar-refractivity contribution in [3.05, 3.63) is 74.9 Å². The van der Waals surface area contributed by atoms with Gasteiger partial charge in [0.05, 0.1) is 10.8 Å². The Kier molecular flexibility index (Phi) is 10.9. The van der Waals surface area contributed by atoms with Crippen molar-refractivity contribution in [2.75, 3.05) is 0 Å². The van der Waals surface area contributed by atoms with Crippen molar-refractivity contribution < 1.29 is 9.72 Å². The number of hydrogen-bond donors (Lipinski definition) is 0. The molecule has 0 saturated carbocycles. The molecule has 0 aromatic heterocycles. The Morgan fingerprint density at radius 3 is 2.17 bits per heavy atom. The van der Waals surface area contributed by atoms with Crippen LogP contribution in [0.4, 0.5) is 5.69 Å². The second kappa shape index (κ2) is 12.9. The molecule has 0 radical (unpaired) electrons. The number of rotatable bonds is 12. The number of nitrogens with zero attached hydrogens (tertiary/aromatic N) is 1. The maximum Gasteiger partial charge on any atom is 0.273 e. The Balaban J connectivity index is 2.77. The largest absolute Gasteiger partial charge is 0.299 e. The number of nitro groups is 1. The number of Topliss-reactive ketones (excluding diaryl/α,β-unsaturated/α-hetero) is 1. The van der Waals surface area contributed by atoms with Crippen LogP contribution in [0.1, 0.15) is 84.6 Å². The van der Waals surface area contributed by atoms with Gasteiger partial charge in [0.25, 0.3) is 5.69 Å². The summed E-state index contributed by atoms with van der Waals surface area (Å²) >= 11 is 0. The van der Waals surface area contributed by atoms with E-state index in [4.69, 9.17) is 0 Å². The molecule has 0 N–H and O–H groups in total. The van der Waals surface area contributed by atoms with E-state index in [0.29, 0.717) is 18.4 Å². The van der Waals surface area contributed by atoms with Crippen molar-refractivity contribution in [2.45, 2.75) is 79.1 Å². The molecule has 1 unspecified atom stereocenters. The average molecular weight is 398 g/mol. The van der Waals surface area contributed by atoms with Crippen LogP contribution >= 0.6 is 0 Å². The van der Waals surface area contributed by atoms with Crippen LogP contribution in [0.25, 0.3) is 0 Å². The second-order valence-electron chi connectivity index (χ2n) is 7.88. The van der Waals surface area contributed by atoms with Crippen molar-refractivity contribution in [2.24, 2.45) is 0 Å². The highest BCUT2D eigenvalue weighted by Crippen LogP contribution is 2.31. The fourth-order valence-electron chi connectivity index (χ4n) is 3.28. The van der Waals surface area contributed by atoms with E-state index in [1.165, 1.54) is 22.8 Å². The average Bonchev–Trinajstić information content (AvgIpc) is 2.67. The van der Waals surface area contributed by atoms with Crippen LogP contribution in [0.5, 0.6) is 0 Å². The van der Waals surface area contributed by atoms with Crippen LogP contribution < -0.4 is 0 Å². The number of para-hydroxylation sites is 1. The van der Waals surface area contributed by atoms with Crippen molar-refractivity contribution in [3.8, 4) is 0 Å². The van der Waals surface area contributed by atoms with Gasteiger partial charge in [-0.2, -0.15) is 0 Å². The molecule has 29 heavy (non-hydrogen) atoms. The Bertz CT molecular complexity index is 783. The molecule has 4 nitrogen and oxygen atoms in total. The van der Waals surface area contributed by atoms with Crippen molar-refractivity contribution in [1.82, 2.24) is 0 Å². The topological polar surface area (TPSA) is 60.2 Å². The standard InChI is InChI=1S/C25H35NO3/c1-6-25(27)23(22-15-7-8-16-24(22)26(28)29)18-17-21(5)14-10-13-20(4)12-9-11-19(2)3/h7-8,11,13,15-17,23H,6,9-10,12,14,18H2,1-5H3/b20-13+,21-17+. The molecule has 1 aromatic carbocycles. The lowest BCUT2D eigenvalue weighted by atomic mass is 9.88. The number of ketones is 1. The first-order valence-corrected chi connectivity index (χ1v) is 10.5. The third-order valence-corrected chi connectivity index (χ3v) is 5.07. The van der Waals surface area contributed by atoms with Gasteiger partial charge in [0.2, 0.25) is 0 Å². The first-order chi connectivity index (χ1) is 13.8. The SMILES string of the molecule is CCC(=O)C(C/C=C(\C)CC/C=C(\C)CCC=C(C)C)c1ccccc1[N+](=O)[O-]. The quantitative estimate of drug-likeness (QED) is 0.209. The highest BCUT2D eigenvalue weighted by molar-refractivity contribution is 5.86. The fourth-order valence-corrected chi connectivity index (χ4v) is 3.28. The predicted molar refractivity (Wildman–Crippen MR) is 121 cm³/mol. The van der Waals surface area contributed by atoms with E-state index >= 15 is 0 Å². The zero-order valence-electron chi connectivity index (χ0n) is 18.5. The monoisotopic (exact) mass is 397 g/mol. The predicted octanol–water partition coefficient (Wildman–Crippen LogP) is 7.47. The Morgan fingerprint density at radius 2 is 1.59 bits per heavy atom. The van der Waals surface area contributed by atoms with Crippen molar-refractivity contribution >= 4 is 11.5 Å². The molecular formula is C25H35NO3. The van der Waals surface area contributed by atoms with Gasteiger partial charge in [0.1, 0.15) is 5.78 Å². The lowest BCUT2D eigenvalue weighted by Crippen LogP contribution is -2.13. The van der Waals surface area contributed by atoms with Crippen LogP contribution in [0.15, 0.2) is 59.2 Å². The molecular weight excluding hydrogens is 362 g/mol. The lowest BCUT2D eigenvalue weighted by Gasteiger charge is -2.14. The van der Waals surface area contributed by atoms with Gasteiger partial charge >= 0.3 is 0 Å². The van der Waals surface area contributed by atoms with Crippen LogP contribution in [0.2, 0.25) is 0 Å². The van der Waals surface area contributed by atoms with Gasteiger partial charge < -0.3 is 0 Å².